The first-order chi connectivity index (χ1) is 10.2. The summed E-state index contributed by atoms with van der Waals surface area (Å²) in [7, 11) is 0. The van der Waals surface area contributed by atoms with Crippen LogP contribution >= 0.6 is 11.6 Å². The summed E-state index contributed by atoms with van der Waals surface area (Å²) < 4.78 is 8.35. The van der Waals surface area contributed by atoms with Crippen LogP contribution in [0, 0.1) is 5.92 Å². The van der Waals surface area contributed by atoms with Crippen LogP contribution in [0.15, 0.2) is 12.7 Å². The van der Waals surface area contributed by atoms with E-state index in [2.05, 4.69) is 26.4 Å². The molecule has 5 nitrogen and oxygen atoms in total. The number of hydrogen-bond donors (Lipinski definition) is 0. The second-order valence-corrected chi connectivity index (χ2v) is 6.53. The van der Waals surface area contributed by atoms with E-state index in [1.807, 2.05) is 6.33 Å². The quantitative estimate of drug-likeness (QED) is 0.627. The number of rotatable bonds is 5. The van der Waals surface area contributed by atoms with Crippen LogP contribution in [-0.2, 0) is 4.74 Å². The predicted molar refractivity (Wildman–Crippen MR) is 80.3 cm³/mol. The molecule has 4 rings (SSSR count). The van der Waals surface area contributed by atoms with E-state index in [9.17, 15) is 0 Å². The van der Waals surface area contributed by atoms with Gasteiger partial charge in [0.1, 0.15) is 11.8 Å². The van der Waals surface area contributed by atoms with E-state index in [0.29, 0.717) is 22.6 Å². The largest absolute Gasteiger partial charge is 0.375 e. The van der Waals surface area contributed by atoms with Crippen molar-refractivity contribution in [2.24, 2.45) is 5.92 Å². The van der Waals surface area contributed by atoms with Crippen molar-refractivity contribution in [2.75, 3.05) is 6.61 Å². The molecule has 0 radical (unpaired) electrons. The number of fused-ring (bicyclic) bond motifs is 2. The van der Waals surface area contributed by atoms with Crippen LogP contribution in [0.5, 0.6) is 0 Å². The second kappa shape index (κ2) is 4.92. The van der Waals surface area contributed by atoms with Gasteiger partial charge in [-0.15, -0.1) is 0 Å². The van der Waals surface area contributed by atoms with E-state index >= 15 is 0 Å². The lowest BCUT2D eigenvalue weighted by Crippen LogP contribution is -2.14. The SMILES string of the molecule is CCCCOC12CCC(n3cnc4c(Cl)ncnc43)C1C2. The monoisotopic (exact) mass is 306 g/mol. The molecular weight excluding hydrogens is 288 g/mol. The number of halogens is 1. The van der Waals surface area contributed by atoms with Crippen molar-refractivity contribution >= 4 is 22.8 Å². The van der Waals surface area contributed by atoms with Gasteiger partial charge in [-0.25, -0.2) is 15.0 Å². The first kappa shape index (κ1) is 13.5. The van der Waals surface area contributed by atoms with E-state index in [1.54, 1.807) is 0 Å². The summed E-state index contributed by atoms with van der Waals surface area (Å²) in [5.41, 5.74) is 1.67. The van der Waals surface area contributed by atoms with Gasteiger partial charge in [-0.1, -0.05) is 24.9 Å². The Kier molecular flexibility index (Phi) is 3.15. The molecule has 0 bridgehead atoms. The summed E-state index contributed by atoms with van der Waals surface area (Å²) in [5.74, 6) is 0.598. The molecule has 21 heavy (non-hydrogen) atoms. The van der Waals surface area contributed by atoms with Crippen molar-refractivity contribution in [1.82, 2.24) is 19.5 Å². The molecule has 2 aromatic heterocycles. The molecule has 0 N–H and O–H groups in total. The van der Waals surface area contributed by atoms with E-state index in [0.717, 1.165) is 31.5 Å². The lowest BCUT2D eigenvalue weighted by molar-refractivity contribution is 0.0251. The van der Waals surface area contributed by atoms with Gasteiger partial charge in [0.05, 0.1) is 11.9 Å². The average Bonchev–Trinajstić information content (AvgIpc) is 2.86. The topological polar surface area (TPSA) is 52.8 Å². The maximum Gasteiger partial charge on any atom is 0.165 e. The molecule has 3 unspecified atom stereocenters. The third-order valence-corrected chi connectivity index (χ3v) is 5.24. The summed E-state index contributed by atoms with van der Waals surface area (Å²) in [6.45, 7) is 3.09. The third kappa shape index (κ3) is 2.06. The zero-order chi connectivity index (χ0) is 14.4. The number of hydrogen-bond acceptors (Lipinski definition) is 4. The lowest BCUT2D eigenvalue weighted by Gasteiger charge is -2.13. The minimum atomic E-state index is 0.132. The average molecular weight is 307 g/mol. The Bertz CT molecular complexity index is 673. The molecule has 2 aliphatic carbocycles. The Balaban J connectivity index is 1.57. The minimum Gasteiger partial charge on any atom is -0.375 e. The minimum absolute atomic E-state index is 0.132. The normalized spacial score (nSPS) is 30.8. The smallest absolute Gasteiger partial charge is 0.165 e. The molecule has 0 spiro atoms. The maximum atomic E-state index is 6.18. The maximum absolute atomic E-state index is 6.18. The van der Waals surface area contributed by atoms with Crippen LogP contribution in [0.1, 0.15) is 45.1 Å². The Morgan fingerprint density at radius 3 is 3.14 bits per heavy atom. The predicted octanol–water partition coefficient (Wildman–Crippen LogP) is 3.39. The zero-order valence-corrected chi connectivity index (χ0v) is 12.9. The van der Waals surface area contributed by atoms with Gasteiger partial charge < -0.3 is 9.30 Å². The third-order valence-electron chi connectivity index (χ3n) is 4.97. The first-order valence-electron chi connectivity index (χ1n) is 7.72. The molecule has 0 saturated heterocycles. The van der Waals surface area contributed by atoms with Crippen LogP contribution in [0.25, 0.3) is 11.2 Å². The van der Waals surface area contributed by atoms with Crippen LogP contribution < -0.4 is 0 Å². The number of aromatic nitrogens is 4. The molecule has 2 saturated carbocycles. The summed E-state index contributed by atoms with van der Waals surface area (Å²) in [6.07, 6.45) is 9.14. The Morgan fingerprint density at radius 1 is 1.43 bits per heavy atom. The van der Waals surface area contributed by atoms with Crippen LogP contribution in [0.4, 0.5) is 0 Å². The second-order valence-electron chi connectivity index (χ2n) is 6.17. The Morgan fingerprint density at radius 2 is 2.33 bits per heavy atom. The van der Waals surface area contributed by atoms with Crippen molar-refractivity contribution in [3.05, 3.63) is 17.8 Å². The fraction of sp³-hybridized carbons (Fsp3) is 0.667. The number of unbranched alkanes of at least 4 members (excludes halogenated alkanes) is 1. The molecule has 2 aliphatic rings. The van der Waals surface area contributed by atoms with Crippen molar-refractivity contribution in [3.8, 4) is 0 Å². The molecule has 0 amide bonds. The summed E-state index contributed by atoms with van der Waals surface area (Å²) in [6, 6.07) is 0.433. The molecule has 0 aromatic carbocycles. The number of ether oxygens (including phenoxy) is 1. The van der Waals surface area contributed by atoms with Gasteiger partial charge in [-0.3, -0.25) is 0 Å². The van der Waals surface area contributed by atoms with Crippen molar-refractivity contribution in [3.63, 3.8) is 0 Å². The fourth-order valence-electron chi connectivity index (χ4n) is 3.74. The van der Waals surface area contributed by atoms with Gasteiger partial charge in [0.25, 0.3) is 0 Å². The molecule has 0 aliphatic heterocycles. The van der Waals surface area contributed by atoms with Crippen molar-refractivity contribution < 1.29 is 4.74 Å². The molecule has 6 heteroatoms. The van der Waals surface area contributed by atoms with E-state index in [-0.39, 0.29) is 5.60 Å². The highest BCUT2D eigenvalue weighted by Gasteiger charge is 2.63. The standard InChI is InChI=1S/C15H19ClN4O/c1-2-3-6-21-15-5-4-11(10(15)7-15)20-9-19-12-13(16)17-8-18-14(12)20/h8-11H,2-7H2,1H3. The molecular formula is C15H19ClN4O. The Hall–Kier alpha value is -1.20. The highest BCUT2D eigenvalue weighted by molar-refractivity contribution is 6.33. The highest BCUT2D eigenvalue weighted by Crippen LogP contribution is 2.63. The first-order valence-corrected chi connectivity index (χ1v) is 8.10. The van der Waals surface area contributed by atoms with Crippen LogP contribution in [0.3, 0.4) is 0 Å². The highest BCUT2D eigenvalue weighted by atomic mass is 35.5. The van der Waals surface area contributed by atoms with Crippen molar-refractivity contribution in [2.45, 2.75) is 50.7 Å². The molecule has 2 aromatic rings. The Labute approximate surface area is 128 Å². The van der Waals surface area contributed by atoms with Gasteiger partial charge in [0, 0.05) is 18.6 Å². The summed E-state index contributed by atoms with van der Waals surface area (Å²) in [4.78, 5) is 12.7. The molecule has 2 fully saturated rings. The number of imidazole rings is 1. The van der Waals surface area contributed by atoms with Crippen LogP contribution in [-0.4, -0.2) is 31.7 Å². The summed E-state index contributed by atoms with van der Waals surface area (Å²) in [5, 5.41) is 0.429. The van der Waals surface area contributed by atoms with Gasteiger partial charge in [-0.2, -0.15) is 0 Å². The molecule has 2 heterocycles. The number of nitrogens with zero attached hydrogens (tertiary/aromatic N) is 4. The molecule has 112 valence electrons. The van der Waals surface area contributed by atoms with E-state index in [1.165, 1.54) is 19.2 Å². The zero-order valence-electron chi connectivity index (χ0n) is 12.1. The summed E-state index contributed by atoms with van der Waals surface area (Å²) >= 11 is 6.08. The van der Waals surface area contributed by atoms with Gasteiger partial charge in [0.2, 0.25) is 0 Å². The lowest BCUT2D eigenvalue weighted by atomic mass is 10.1. The van der Waals surface area contributed by atoms with Gasteiger partial charge in [-0.05, 0) is 25.7 Å². The van der Waals surface area contributed by atoms with Gasteiger partial charge >= 0.3 is 0 Å². The van der Waals surface area contributed by atoms with E-state index in [4.69, 9.17) is 16.3 Å². The van der Waals surface area contributed by atoms with Crippen LogP contribution in [0.2, 0.25) is 5.15 Å². The fourth-order valence-corrected chi connectivity index (χ4v) is 3.91. The van der Waals surface area contributed by atoms with Gasteiger partial charge in [0.15, 0.2) is 10.8 Å². The van der Waals surface area contributed by atoms with E-state index < -0.39 is 0 Å². The van der Waals surface area contributed by atoms with Crippen molar-refractivity contribution in [1.29, 1.82) is 0 Å². The molecule has 3 atom stereocenters.